The van der Waals surface area contributed by atoms with Gasteiger partial charge in [0.25, 0.3) is 0 Å². The third-order valence-corrected chi connectivity index (χ3v) is 3.01. The molecule has 3 rings (SSSR count). The molecule has 0 saturated heterocycles. The van der Waals surface area contributed by atoms with Gasteiger partial charge in [-0.2, -0.15) is 0 Å². The van der Waals surface area contributed by atoms with Crippen LogP contribution in [0.25, 0.3) is 17.2 Å². The lowest BCUT2D eigenvalue weighted by molar-refractivity contribution is -0.103. The van der Waals surface area contributed by atoms with E-state index in [9.17, 15) is 4.79 Å². The number of carbonyl (C=O) groups excluding carboxylic acids is 1. The molecule has 2 heterocycles. The van der Waals surface area contributed by atoms with Crippen LogP contribution in [-0.2, 0) is 4.79 Å². The summed E-state index contributed by atoms with van der Waals surface area (Å²) in [7, 11) is 0. The van der Waals surface area contributed by atoms with Gasteiger partial charge in [0.15, 0.2) is 12.1 Å². The summed E-state index contributed by atoms with van der Waals surface area (Å²) in [4.78, 5) is 23.6. The molecular formula is C16H13N5O. The van der Waals surface area contributed by atoms with Crippen LogP contribution in [0.15, 0.2) is 61.7 Å². The standard InChI is InChI=1S/C16H13N5O/c1-12(10-22)21-9-15(19-13-5-3-2-4-6-13)20-16(21)14-7-8-17-11-18-14/h2-11,19H,1H2. The van der Waals surface area contributed by atoms with Crippen LogP contribution >= 0.6 is 0 Å². The van der Waals surface area contributed by atoms with Gasteiger partial charge in [0.1, 0.15) is 17.8 Å². The minimum absolute atomic E-state index is 0.280. The third kappa shape index (κ3) is 2.76. The smallest absolute Gasteiger partial charge is 0.166 e. The number of anilines is 2. The number of aromatic nitrogens is 4. The van der Waals surface area contributed by atoms with Gasteiger partial charge in [-0.1, -0.05) is 24.8 Å². The lowest BCUT2D eigenvalue weighted by atomic mass is 10.3. The molecule has 0 atom stereocenters. The quantitative estimate of drug-likeness (QED) is 0.578. The van der Waals surface area contributed by atoms with Gasteiger partial charge in [0.05, 0.1) is 11.9 Å². The number of nitrogens with one attached hydrogen (secondary N) is 1. The zero-order chi connectivity index (χ0) is 15.4. The van der Waals surface area contributed by atoms with Crippen molar-refractivity contribution in [2.75, 3.05) is 5.32 Å². The van der Waals surface area contributed by atoms with Crippen molar-refractivity contribution >= 4 is 23.5 Å². The highest BCUT2D eigenvalue weighted by atomic mass is 16.1. The number of rotatable bonds is 5. The second-order valence-corrected chi connectivity index (χ2v) is 4.51. The molecule has 0 aliphatic carbocycles. The summed E-state index contributed by atoms with van der Waals surface area (Å²) in [5, 5.41) is 3.18. The Balaban J connectivity index is 2.02. The van der Waals surface area contributed by atoms with Crippen molar-refractivity contribution < 1.29 is 4.79 Å². The average molecular weight is 291 g/mol. The maximum atomic E-state index is 11.1. The predicted octanol–water partition coefficient (Wildman–Crippen LogP) is 2.75. The highest BCUT2D eigenvalue weighted by Crippen LogP contribution is 2.23. The molecule has 0 unspecified atom stereocenters. The topological polar surface area (TPSA) is 72.7 Å². The van der Waals surface area contributed by atoms with Gasteiger partial charge in [-0.25, -0.2) is 15.0 Å². The Hall–Kier alpha value is -3.28. The van der Waals surface area contributed by atoms with Crippen LogP contribution in [0.2, 0.25) is 0 Å². The zero-order valence-electron chi connectivity index (χ0n) is 11.7. The minimum atomic E-state index is 0.280. The molecule has 0 fully saturated rings. The molecular weight excluding hydrogens is 278 g/mol. The first-order valence-corrected chi connectivity index (χ1v) is 6.60. The number of hydrogen-bond acceptors (Lipinski definition) is 5. The number of allylic oxidation sites excluding steroid dienone is 1. The van der Waals surface area contributed by atoms with Crippen LogP contribution in [0.5, 0.6) is 0 Å². The van der Waals surface area contributed by atoms with Crippen molar-refractivity contribution in [1.82, 2.24) is 19.5 Å². The maximum absolute atomic E-state index is 11.1. The third-order valence-electron chi connectivity index (χ3n) is 3.01. The summed E-state index contributed by atoms with van der Waals surface area (Å²) in [6, 6.07) is 11.4. The second-order valence-electron chi connectivity index (χ2n) is 4.51. The first kappa shape index (κ1) is 13.7. The second kappa shape index (κ2) is 6.01. The van der Waals surface area contributed by atoms with Crippen LogP contribution < -0.4 is 5.32 Å². The van der Waals surface area contributed by atoms with Crippen molar-refractivity contribution in [2.45, 2.75) is 0 Å². The molecule has 0 aliphatic heterocycles. The first-order chi connectivity index (χ1) is 10.8. The molecule has 1 aromatic carbocycles. The Labute approximate surface area is 127 Å². The van der Waals surface area contributed by atoms with Crippen LogP contribution in [0.3, 0.4) is 0 Å². The van der Waals surface area contributed by atoms with Crippen molar-refractivity contribution in [1.29, 1.82) is 0 Å². The van der Waals surface area contributed by atoms with E-state index < -0.39 is 0 Å². The Bertz CT molecular complexity index is 796. The van der Waals surface area contributed by atoms with Gasteiger partial charge in [0.2, 0.25) is 0 Å². The molecule has 6 nitrogen and oxygen atoms in total. The van der Waals surface area contributed by atoms with E-state index in [-0.39, 0.29) is 5.70 Å². The molecule has 0 amide bonds. The lowest BCUT2D eigenvalue weighted by Gasteiger charge is -2.03. The summed E-state index contributed by atoms with van der Waals surface area (Å²) in [6.07, 6.45) is 5.44. The Morgan fingerprint density at radius 2 is 2.05 bits per heavy atom. The number of imidazole rings is 1. The number of aldehydes is 1. The maximum Gasteiger partial charge on any atom is 0.166 e. The van der Waals surface area contributed by atoms with Gasteiger partial charge in [-0.3, -0.25) is 9.36 Å². The van der Waals surface area contributed by atoms with Crippen molar-refractivity contribution in [3.8, 4) is 11.5 Å². The Morgan fingerprint density at radius 1 is 1.23 bits per heavy atom. The highest BCUT2D eigenvalue weighted by Gasteiger charge is 2.13. The van der Waals surface area contributed by atoms with E-state index in [1.807, 2.05) is 30.3 Å². The highest BCUT2D eigenvalue weighted by molar-refractivity contribution is 5.98. The molecule has 0 radical (unpaired) electrons. The average Bonchev–Trinajstić information content (AvgIpc) is 3.00. The van der Waals surface area contributed by atoms with E-state index in [4.69, 9.17) is 0 Å². The van der Waals surface area contributed by atoms with E-state index >= 15 is 0 Å². The van der Waals surface area contributed by atoms with Crippen molar-refractivity contribution in [2.24, 2.45) is 0 Å². The van der Waals surface area contributed by atoms with E-state index in [1.165, 1.54) is 6.33 Å². The number of nitrogens with zero attached hydrogens (tertiary/aromatic N) is 4. The SMILES string of the molecule is C=C(C=O)n1cc(Nc2ccccc2)nc1-c1ccncn1. The molecule has 0 aliphatic rings. The zero-order valence-corrected chi connectivity index (χ0v) is 11.7. The number of carbonyl (C=O) groups is 1. The van der Waals surface area contributed by atoms with Crippen molar-refractivity contribution in [3.05, 3.63) is 61.7 Å². The summed E-state index contributed by atoms with van der Waals surface area (Å²) >= 11 is 0. The fraction of sp³-hybridized carbons (Fsp3) is 0. The summed E-state index contributed by atoms with van der Waals surface area (Å²) in [5.41, 5.74) is 1.79. The van der Waals surface area contributed by atoms with Crippen LogP contribution in [0, 0.1) is 0 Å². The van der Waals surface area contributed by atoms with E-state index in [1.54, 1.807) is 23.0 Å². The van der Waals surface area contributed by atoms with Gasteiger partial charge in [0, 0.05) is 11.9 Å². The number of para-hydroxylation sites is 1. The fourth-order valence-corrected chi connectivity index (χ4v) is 1.99. The summed E-state index contributed by atoms with van der Waals surface area (Å²) in [6.45, 7) is 3.73. The Kier molecular flexibility index (Phi) is 3.74. The molecule has 0 spiro atoms. The monoisotopic (exact) mass is 291 g/mol. The Morgan fingerprint density at radius 3 is 2.73 bits per heavy atom. The van der Waals surface area contributed by atoms with E-state index in [2.05, 4.69) is 26.8 Å². The van der Waals surface area contributed by atoms with Crippen LogP contribution in [0.1, 0.15) is 0 Å². The molecule has 3 aromatic rings. The van der Waals surface area contributed by atoms with E-state index in [0.29, 0.717) is 23.6 Å². The number of hydrogen-bond donors (Lipinski definition) is 1. The first-order valence-electron chi connectivity index (χ1n) is 6.60. The van der Waals surface area contributed by atoms with Crippen molar-refractivity contribution in [3.63, 3.8) is 0 Å². The lowest BCUT2D eigenvalue weighted by Crippen LogP contribution is -1.99. The largest absolute Gasteiger partial charge is 0.339 e. The van der Waals surface area contributed by atoms with Crippen LogP contribution in [0.4, 0.5) is 11.5 Å². The minimum Gasteiger partial charge on any atom is -0.339 e. The molecule has 0 saturated carbocycles. The van der Waals surface area contributed by atoms with Gasteiger partial charge >= 0.3 is 0 Å². The van der Waals surface area contributed by atoms with Gasteiger partial charge in [-0.15, -0.1) is 0 Å². The van der Waals surface area contributed by atoms with Gasteiger partial charge in [-0.05, 0) is 18.2 Å². The summed E-state index contributed by atoms with van der Waals surface area (Å²) in [5.74, 6) is 1.13. The molecule has 1 N–H and O–H groups in total. The van der Waals surface area contributed by atoms with Crippen LogP contribution in [-0.4, -0.2) is 25.8 Å². The molecule has 2 aromatic heterocycles. The molecule has 6 heteroatoms. The normalized spacial score (nSPS) is 10.2. The summed E-state index contributed by atoms with van der Waals surface area (Å²) < 4.78 is 1.60. The van der Waals surface area contributed by atoms with E-state index in [0.717, 1.165) is 5.69 Å². The molecule has 108 valence electrons. The van der Waals surface area contributed by atoms with Gasteiger partial charge < -0.3 is 5.32 Å². The fourth-order valence-electron chi connectivity index (χ4n) is 1.99. The molecule has 22 heavy (non-hydrogen) atoms. The number of benzene rings is 1. The molecule has 0 bridgehead atoms. The predicted molar refractivity (Wildman–Crippen MR) is 84.4 cm³/mol.